The third-order valence-electron chi connectivity index (χ3n) is 6.24. The van der Waals surface area contributed by atoms with Gasteiger partial charge in [-0.05, 0) is 62.1 Å². The molecule has 4 rings (SSSR count). The number of fused-ring (bicyclic) bond motifs is 1. The lowest BCUT2D eigenvalue weighted by Crippen LogP contribution is -2.21. The lowest BCUT2D eigenvalue weighted by Gasteiger charge is -2.27. The van der Waals surface area contributed by atoms with Crippen molar-refractivity contribution in [2.45, 2.75) is 40.0 Å². The summed E-state index contributed by atoms with van der Waals surface area (Å²) in [6.45, 7) is 9.20. The molecule has 0 amide bonds. The molecule has 0 saturated carbocycles. The number of esters is 1. The molecule has 0 radical (unpaired) electrons. The van der Waals surface area contributed by atoms with Crippen LogP contribution in [0.5, 0.6) is 23.0 Å². The average Bonchev–Trinajstić information content (AvgIpc) is 2.89. The molecule has 3 aromatic rings. The number of nitriles is 1. The van der Waals surface area contributed by atoms with Crippen molar-refractivity contribution in [3.05, 3.63) is 94.4 Å². The molecule has 1 aliphatic rings. The van der Waals surface area contributed by atoms with E-state index >= 15 is 0 Å². The van der Waals surface area contributed by atoms with Crippen LogP contribution in [0.25, 0.3) is 0 Å². The Labute approximate surface area is 223 Å². The van der Waals surface area contributed by atoms with Crippen molar-refractivity contribution < 1.29 is 23.7 Å². The zero-order chi connectivity index (χ0) is 27.2. The van der Waals surface area contributed by atoms with Crippen LogP contribution in [-0.4, -0.2) is 19.2 Å². The van der Waals surface area contributed by atoms with Gasteiger partial charge in [-0.15, -0.1) is 0 Å². The molecule has 7 nitrogen and oxygen atoms in total. The Morgan fingerprint density at radius 2 is 1.82 bits per heavy atom. The van der Waals surface area contributed by atoms with E-state index in [0.717, 1.165) is 23.1 Å². The average molecular weight is 513 g/mol. The summed E-state index contributed by atoms with van der Waals surface area (Å²) in [4.78, 5) is 12.6. The van der Waals surface area contributed by atoms with Crippen LogP contribution in [0.15, 0.2) is 72.1 Å². The Morgan fingerprint density at radius 3 is 2.50 bits per heavy atom. The van der Waals surface area contributed by atoms with Gasteiger partial charge >= 0.3 is 5.97 Å². The van der Waals surface area contributed by atoms with Crippen molar-refractivity contribution >= 4 is 5.97 Å². The molecular weight excluding hydrogens is 480 g/mol. The lowest BCUT2D eigenvalue weighted by molar-refractivity contribution is 0.0734. The summed E-state index contributed by atoms with van der Waals surface area (Å²) in [7, 11) is 0. The van der Waals surface area contributed by atoms with E-state index in [0.29, 0.717) is 47.7 Å². The zero-order valence-corrected chi connectivity index (χ0v) is 22.1. The van der Waals surface area contributed by atoms with Gasteiger partial charge in [-0.25, -0.2) is 4.79 Å². The van der Waals surface area contributed by atoms with E-state index < -0.39 is 11.9 Å². The molecule has 3 aromatic carbocycles. The van der Waals surface area contributed by atoms with Gasteiger partial charge in [0.2, 0.25) is 5.88 Å². The van der Waals surface area contributed by atoms with Crippen molar-refractivity contribution in [1.82, 2.24) is 0 Å². The van der Waals surface area contributed by atoms with Crippen molar-refractivity contribution in [3.63, 3.8) is 0 Å². The summed E-state index contributed by atoms with van der Waals surface area (Å²) in [5.41, 5.74) is 9.49. The molecule has 0 bridgehead atoms. The minimum absolute atomic E-state index is 0.00207. The van der Waals surface area contributed by atoms with Gasteiger partial charge in [-0.1, -0.05) is 43.7 Å². The predicted octanol–water partition coefficient (Wildman–Crippen LogP) is 6.26. The summed E-state index contributed by atoms with van der Waals surface area (Å²) < 4.78 is 23.2. The van der Waals surface area contributed by atoms with Gasteiger partial charge in [0.15, 0.2) is 11.5 Å². The van der Waals surface area contributed by atoms with Crippen molar-refractivity contribution in [3.8, 4) is 29.1 Å². The fourth-order valence-corrected chi connectivity index (χ4v) is 4.19. The number of carbonyl (C=O) groups excluding carboxylic acids is 1. The standard InChI is InChI=1S/C31H32N2O5/c1-5-35-28-16-22(10-13-26(28)36-15-14-19(2)3)29-24-12-11-23(17-27(24)38-30(33)25(29)18-32)37-31(34)21-8-6-20(4)7-9-21/h6-13,16-17,19,29H,5,14-15,33H2,1-4H3. The quantitative estimate of drug-likeness (QED) is 0.267. The summed E-state index contributed by atoms with van der Waals surface area (Å²) >= 11 is 0. The van der Waals surface area contributed by atoms with E-state index in [-0.39, 0.29) is 11.5 Å². The Bertz CT molecular complexity index is 1390. The number of benzene rings is 3. The maximum Gasteiger partial charge on any atom is 0.343 e. The van der Waals surface area contributed by atoms with E-state index in [9.17, 15) is 10.1 Å². The van der Waals surface area contributed by atoms with Crippen LogP contribution in [0.3, 0.4) is 0 Å². The Morgan fingerprint density at radius 1 is 1.05 bits per heavy atom. The number of aryl methyl sites for hydroxylation is 1. The van der Waals surface area contributed by atoms with E-state index in [4.69, 9.17) is 24.7 Å². The number of carbonyl (C=O) groups is 1. The van der Waals surface area contributed by atoms with E-state index in [1.807, 2.05) is 44.2 Å². The highest BCUT2D eigenvalue weighted by Crippen LogP contribution is 2.45. The largest absolute Gasteiger partial charge is 0.490 e. The highest BCUT2D eigenvalue weighted by Gasteiger charge is 2.32. The van der Waals surface area contributed by atoms with Crippen LogP contribution in [0.4, 0.5) is 0 Å². The molecule has 0 fully saturated rings. The first-order valence-electron chi connectivity index (χ1n) is 12.7. The van der Waals surface area contributed by atoms with Crippen LogP contribution in [-0.2, 0) is 0 Å². The molecule has 1 heterocycles. The minimum atomic E-state index is -0.491. The molecule has 0 saturated heterocycles. The van der Waals surface area contributed by atoms with Gasteiger partial charge in [0.1, 0.15) is 23.1 Å². The third-order valence-corrected chi connectivity index (χ3v) is 6.24. The molecule has 1 aliphatic heterocycles. The van der Waals surface area contributed by atoms with Gasteiger partial charge in [0, 0.05) is 11.6 Å². The first-order valence-corrected chi connectivity index (χ1v) is 12.7. The topological polar surface area (TPSA) is 104 Å². The van der Waals surface area contributed by atoms with E-state index in [1.165, 1.54) is 0 Å². The number of nitrogens with zero attached hydrogens (tertiary/aromatic N) is 1. The summed E-state index contributed by atoms with van der Waals surface area (Å²) in [5.74, 6) is 1.53. The zero-order valence-electron chi connectivity index (χ0n) is 22.1. The molecule has 1 atom stereocenters. The van der Waals surface area contributed by atoms with Crippen LogP contribution in [0.1, 0.15) is 60.2 Å². The third kappa shape index (κ3) is 5.92. The maximum atomic E-state index is 12.6. The fourth-order valence-electron chi connectivity index (χ4n) is 4.19. The van der Waals surface area contributed by atoms with Crippen molar-refractivity contribution in [1.29, 1.82) is 5.26 Å². The highest BCUT2D eigenvalue weighted by atomic mass is 16.5. The maximum absolute atomic E-state index is 12.6. The molecule has 0 spiro atoms. The van der Waals surface area contributed by atoms with E-state index in [1.54, 1.807) is 30.3 Å². The second-order valence-electron chi connectivity index (χ2n) is 9.55. The number of ether oxygens (including phenoxy) is 4. The second-order valence-corrected chi connectivity index (χ2v) is 9.55. The SMILES string of the molecule is CCOc1cc(C2C(C#N)=C(N)Oc3cc(OC(=O)c4ccc(C)cc4)ccc32)ccc1OCCC(C)C. The second kappa shape index (κ2) is 11.7. The molecule has 7 heteroatoms. The van der Waals surface area contributed by atoms with Crippen LogP contribution in [0.2, 0.25) is 0 Å². The number of hydrogen-bond donors (Lipinski definition) is 1. The first-order chi connectivity index (χ1) is 18.3. The molecule has 1 unspecified atom stereocenters. The van der Waals surface area contributed by atoms with E-state index in [2.05, 4.69) is 19.9 Å². The Balaban J connectivity index is 1.66. The predicted molar refractivity (Wildman–Crippen MR) is 144 cm³/mol. The minimum Gasteiger partial charge on any atom is -0.490 e. The molecule has 196 valence electrons. The smallest absolute Gasteiger partial charge is 0.343 e. The normalized spacial score (nSPS) is 14.4. The molecular formula is C31H32N2O5. The van der Waals surface area contributed by atoms with Gasteiger partial charge < -0.3 is 24.7 Å². The van der Waals surface area contributed by atoms with Gasteiger partial charge in [-0.2, -0.15) is 5.26 Å². The highest BCUT2D eigenvalue weighted by molar-refractivity contribution is 5.91. The van der Waals surface area contributed by atoms with Crippen LogP contribution in [0, 0.1) is 24.2 Å². The van der Waals surface area contributed by atoms with Crippen molar-refractivity contribution in [2.75, 3.05) is 13.2 Å². The Kier molecular flexibility index (Phi) is 8.22. The lowest BCUT2D eigenvalue weighted by atomic mass is 9.83. The first kappa shape index (κ1) is 26.6. The summed E-state index contributed by atoms with van der Waals surface area (Å²) in [5, 5.41) is 9.94. The molecule has 38 heavy (non-hydrogen) atoms. The summed E-state index contributed by atoms with van der Waals surface area (Å²) in [6, 6.07) is 20.1. The number of allylic oxidation sites excluding steroid dienone is 1. The number of hydrogen-bond acceptors (Lipinski definition) is 7. The monoisotopic (exact) mass is 512 g/mol. The van der Waals surface area contributed by atoms with Crippen LogP contribution >= 0.6 is 0 Å². The van der Waals surface area contributed by atoms with Gasteiger partial charge in [0.05, 0.1) is 24.7 Å². The molecule has 2 N–H and O–H groups in total. The van der Waals surface area contributed by atoms with Gasteiger partial charge in [-0.3, -0.25) is 0 Å². The Hall–Kier alpha value is -4.44. The van der Waals surface area contributed by atoms with Gasteiger partial charge in [0.25, 0.3) is 0 Å². The molecule has 0 aliphatic carbocycles. The number of nitrogens with two attached hydrogens (primary N) is 1. The number of rotatable bonds is 9. The molecule has 0 aromatic heterocycles. The van der Waals surface area contributed by atoms with Crippen LogP contribution < -0.4 is 24.7 Å². The van der Waals surface area contributed by atoms with Crippen molar-refractivity contribution in [2.24, 2.45) is 11.7 Å². The fraction of sp³-hybridized carbons (Fsp3) is 0.290. The summed E-state index contributed by atoms with van der Waals surface area (Å²) in [6.07, 6.45) is 0.926.